The fourth-order valence-corrected chi connectivity index (χ4v) is 1.95. The van der Waals surface area contributed by atoms with Crippen molar-refractivity contribution < 1.29 is 5.11 Å². The Labute approximate surface area is 90.5 Å². The van der Waals surface area contributed by atoms with Crippen LogP contribution in [0.4, 0.5) is 0 Å². The molecule has 1 rings (SSSR count). The molecule has 0 aliphatic carbocycles. The summed E-state index contributed by atoms with van der Waals surface area (Å²) < 4.78 is 0. The predicted molar refractivity (Wildman–Crippen MR) is 63.8 cm³/mol. The van der Waals surface area contributed by atoms with Crippen molar-refractivity contribution in [2.45, 2.75) is 25.5 Å². The normalized spacial score (nSPS) is 10.9. The highest BCUT2D eigenvalue weighted by Crippen LogP contribution is 2.17. The van der Waals surface area contributed by atoms with Crippen molar-refractivity contribution in [3.05, 3.63) is 35.4 Å². The van der Waals surface area contributed by atoms with E-state index in [1.807, 2.05) is 0 Å². The third kappa shape index (κ3) is 3.72. The van der Waals surface area contributed by atoms with Crippen molar-refractivity contribution in [3.8, 4) is 0 Å². The van der Waals surface area contributed by atoms with Crippen molar-refractivity contribution in [1.29, 1.82) is 0 Å². The Bertz CT molecular complexity index is 254. The molecule has 0 saturated carbocycles. The number of hydrogen-bond acceptors (Lipinski definition) is 2. The Kier molecular flexibility index (Phi) is 5.05. The van der Waals surface area contributed by atoms with E-state index in [9.17, 15) is 0 Å². The summed E-state index contributed by atoms with van der Waals surface area (Å²) in [6.45, 7) is 4.68. The molecule has 0 fully saturated rings. The quantitative estimate of drug-likeness (QED) is 0.754. The third-order valence-electron chi connectivity index (χ3n) is 2.15. The molecule has 78 valence electrons. The molecule has 1 aromatic rings. The minimum absolute atomic E-state index is 0.273. The van der Waals surface area contributed by atoms with Gasteiger partial charge >= 0.3 is 0 Å². The van der Waals surface area contributed by atoms with Gasteiger partial charge in [-0.1, -0.05) is 38.1 Å². The molecule has 0 amide bonds. The van der Waals surface area contributed by atoms with Crippen molar-refractivity contribution in [1.82, 2.24) is 0 Å². The highest BCUT2D eigenvalue weighted by molar-refractivity contribution is 7.98. The van der Waals surface area contributed by atoms with Crippen LogP contribution in [0.1, 0.15) is 30.9 Å². The second kappa shape index (κ2) is 6.10. The molecule has 0 saturated heterocycles. The summed E-state index contributed by atoms with van der Waals surface area (Å²) >= 11 is 1.77. The Hall–Kier alpha value is -0.470. The van der Waals surface area contributed by atoms with Crippen LogP contribution in [-0.4, -0.2) is 17.5 Å². The molecule has 0 atom stereocenters. The first-order valence-electron chi connectivity index (χ1n) is 5.01. The molecular formula is C12H18OS. The standard InChI is InChI=1S/C12H18OS/c1-10(2)12-5-3-11(4-6-12)9-14-8-7-13/h3-6,10,13H,7-9H2,1-2H3. The fourth-order valence-electron chi connectivity index (χ4n) is 1.25. The Balaban J connectivity index is 2.47. The van der Waals surface area contributed by atoms with Crippen molar-refractivity contribution >= 4 is 11.8 Å². The minimum atomic E-state index is 0.273. The second-order valence-corrected chi connectivity index (χ2v) is 4.78. The third-order valence-corrected chi connectivity index (χ3v) is 3.16. The molecule has 0 bridgehead atoms. The first kappa shape index (κ1) is 11.6. The molecule has 1 nitrogen and oxygen atoms in total. The van der Waals surface area contributed by atoms with Crippen LogP contribution in [0.3, 0.4) is 0 Å². The second-order valence-electron chi connectivity index (χ2n) is 3.67. The highest BCUT2D eigenvalue weighted by atomic mass is 32.2. The number of rotatable bonds is 5. The zero-order chi connectivity index (χ0) is 10.4. The summed E-state index contributed by atoms with van der Waals surface area (Å²) in [6, 6.07) is 8.75. The lowest BCUT2D eigenvalue weighted by molar-refractivity contribution is 0.322. The van der Waals surface area contributed by atoms with Crippen LogP contribution in [0.2, 0.25) is 0 Å². The van der Waals surface area contributed by atoms with E-state index in [1.54, 1.807) is 11.8 Å². The number of aliphatic hydroxyl groups excluding tert-OH is 1. The van der Waals surface area contributed by atoms with Crippen LogP contribution in [0.25, 0.3) is 0 Å². The van der Waals surface area contributed by atoms with E-state index >= 15 is 0 Å². The highest BCUT2D eigenvalue weighted by Gasteiger charge is 1.98. The van der Waals surface area contributed by atoms with Gasteiger partial charge in [-0.05, 0) is 17.0 Å². The van der Waals surface area contributed by atoms with E-state index in [4.69, 9.17) is 5.11 Å². The number of thioether (sulfide) groups is 1. The lowest BCUT2D eigenvalue weighted by Crippen LogP contribution is -1.90. The Morgan fingerprint density at radius 3 is 2.36 bits per heavy atom. The predicted octanol–water partition coefficient (Wildman–Crippen LogP) is 3.04. The molecule has 14 heavy (non-hydrogen) atoms. The molecule has 2 heteroatoms. The van der Waals surface area contributed by atoms with Crippen LogP contribution < -0.4 is 0 Å². The fraction of sp³-hybridized carbons (Fsp3) is 0.500. The summed E-state index contributed by atoms with van der Waals surface area (Å²) in [5.41, 5.74) is 2.73. The Morgan fingerprint density at radius 2 is 1.86 bits per heavy atom. The van der Waals surface area contributed by atoms with Gasteiger partial charge in [0, 0.05) is 11.5 Å². The Morgan fingerprint density at radius 1 is 1.21 bits per heavy atom. The zero-order valence-corrected chi connectivity index (χ0v) is 9.68. The van der Waals surface area contributed by atoms with Crippen LogP contribution in [0.15, 0.2) is 24.3 Å². The average molecular weight is 210 g/mol. The average Bonchev–Trinajstić information content (AvgIpc) is 2.19. The summed E-state index contributed by atoms with van der Waals surface area (Å²) in [5.74, 6) is 2.43. The van der Waals surface area contributed by atoms with E-state index in [1.165, 1.54) is 11.1 Å². The lowest BCUT2D eigenvalue weighted by atomic mass is 10.0. The largest absolute Gasteiger partial charge is 0.396 e. The van der Waals surface area contributed by atoms with Crippen molar-refractivity contribution in [3.63, 3.8) is 0 Å². The number of aliphatic hydroxyl groups is 1. The van der Waals surface area contributed by atoms with Gasteiger partial charge in [-0.2, -0.15) is 11.8 Å². The molecule has 0 unspecified atom stereocenters. The van der Waals surface area contributed by atoms with Crippen molar-refractivity contribution in [2.24, 2.45) is 0 Å². The van der Waals surface area contributed by atoms with Gasteiger partial charge in [0.1, 0.15) is 0 Å². The van der Waals surface area contributed by atoms with Crippen molar-refractivity contribution in [2.75, 3.05) is 12.4 Å². The monoisotopic (exact) mass is 210 g/mol. The summed E-state index contributed by atoms with van der Waals surface area (Å²) in [5, 5.41) is 8.64. The molecule has 0 aromatic heterocycles. The van der Waals surface area contributed by atoms with E-state index in [2.05, 4.69) is 38.1 Å². The van der Waals surface area contributed by atoms with E-state index in [0.717, 1.165) is 11.5 Å². The molecule has 0 spiro atoms. The van der Waals surface area contributed by atoms with E-state index < -0.39 is 0 Å². The minimum Gasteiger partial charge on any atom is -0.396 e. The summed E-state index contributed by atoms with van der Waals surface area (Å²) in [7, 11) is 0. The SMILES string of the molecule is CC(C)c1ccc(CSCCO)cc1. The van der Waals surface area contributed by atoms with Gasteiger partial charge in [-0.3, -0.25) is 0 Å². The van der Waals surface area contributed by atoms with E-state index in [-0.39, 0.29) is 6.61 Å². The topological polar surface area (TPSA) is 20.2 Å². The first-order valence-corrected chi connectivity index (χ1v) is 6.17. The lowest BCUT2D eigenvalue weighted by Gasteiger charge is -2.06. The molecule has 1 aromatic carbocycles. The number of hydrogen-bond donors (Lipinski definition) is 1. The molecule has 0 radical (unpaired) electrons. The maximum atomic E-state index is 8.64. The maximum absolute atomic E-state index is 8.64. The van der Waals surface area contributed by atoms with Gasteiger partial charge in [0.05, 0.1) is 6.61 Å². The van der Waals surface area contributed by atoms with Crippen LogP contribution in [-0.2, 0) is 5.75 Å². The smallest absolute Gasteiger partial charge is 0.0521 e. The van der Waals surface area contributed by atoms with Gasteiger partial charge in [-0.15, -0.1) is 0 Å². The first-order chi connectivity index (χ1) is 6.74. The van der Waals surface area contributed by atoms with Crippen LogP contribution in [0, 0.1) is 0 Å². The van der Waals surface area contributed by atoms with Gasteiger partial charge in [0.25, 0.3) is 0 Å². The molecule has 1 N–H and O–H groups in total. The van der Waals surface area contributed by atoms with E-state index in [0.29, 0.717) is 5.92 Å². The van der Waals surface area contributed by atoms with Gasteiger partial charge in [0.15, 0.2) is 0 Å². The molecule has 0 aliphatic rings. The zero-order valence-electron chi connectivity index (χ0n) is 8.86. The maximum Gasteiger partial charge on any atom is 0.0521 e. The summed E-state index contributed by atoms with van der Waals surface area (Å²) in [6.07, 6.45) is 0. The van der Waals surface area contributed by atoms with Gasteiger partial charge in [0.2, 0.25) is 0 Å². The van der Waals surface area contributed by atoms with Gasteiger partial charge in [-0.25, -0.2) is 0 Å². The van der Waals surface area contributed by atoms with Gasteiger partial charge < -0.3 is 5.11 Å². The van der Waals surface area contributed by atoms with Crippen LogP contribution in [0.5, 0.6) is 0 Å². The number of benzene rings is 1. The molecule has 0 aliphatic heterocycles. The van der Waals surface area contributed by atoms with Crippen LogP contribution >= 0.6 is 11.8 Å². The molecular weight excluding hydrogens is 192 g/mol. The molecule has 0 heterocycles. The summed E-state index contributed by atoms with van der Waals surface area (Å²) in [4.78, 5) is 0.